The Morgan fingerprint density at radius 2 is 1.19 bits per heavy atom. The van der Waals surface area contributed by atoms with Gasteiger partial charge in [0.1, 0.15) is 5.82 Å². The van der Waals surface area contributed by atoms with Crippen LogP contribution in [0, 0.1) is 0 Å². The predicted molar refractivity (Wildman–Crippen MR) is 131 cm³/mol. The third-order valence-electron chi connectivity index (χ3n) is 5.54. The number of allylic oxidation sites excluding steroid dienone is 11. The Hall–Kier alpha value is -2.46. The van der Waals surface area contributed by atoms with Crippen molar-refractivity contribution in [3.8, 4) is 0 Å². The molecule has 164 valence electrons. The van der Waals surface area contributed by atoms with Crippen molar-refractivity contribution in [2.24, 2.45) is 0 Å². The summed E-state index contributed by atoms with van der Waals surface area (Å²) in [5, 5.41) is 3.57. The maximum Gasteiger partial charge on any atom is 0.231 e. The predicted octanol–water partition coefficient (Wildman–Crippen LogP) is 7.61. The summed E-state index contributed by atoms with van der Waals surface area (Å²) < 4.78 is 0. The highest BCUT2D eigenvalue weighted by Crippen LogP contribution is 2.28. The van der Waals surface area contributed by atoms with Gasteiger partial charge in [0, 0.05) is 11.6 Å². The van der Waals surface area contributed by atoms with Crippen LogP contribution in [0.4, 0.5) is 5.95 Å². The van der Waals surface area contributed by atoms with E-state index < -0.39 is 0 Å². The van der Waals surface area contributed by atoms with Gasteiger partial charge in [-0.1, -0.05) is 106 Å². The molecule has 0 saturated heterocycles. The molecule has 1 heterocycles. The quantitative estimate of drug-likeness (QED) is 0.529. The van der Waals surface area contributed by atoms with Crippen LogP contribution in [0.25, 0.3) is 0 Å². The molecule has 1 aromatic rings. The molecule has 0 radical (unpaired) electrons. The van der Waals surface area contributed by atoms with Gasteiger partial charge in [-0.2, -0.15) is 9.97 Å². The number of halogens is 1. The second-order valence-electron chi connectivity index (χ2n) is 8.03. The zero-order chi connectivity index (χ0) is 21.6. The van der Waals surface area contributed by atoms with E-state index in [-0.39, 0.29) is 5.28 Å². The monoisotopic (exact) mass is 436 g/mol. The lowest BCUT2D eigenvalue weighted by Crippen LogP contribution is -2.10. The number of rotatable bonds is 3. The zero-order valence-electron chi connectivity index (χ0n) is 18.2. The first-order valence-corrected chi connectivity index (χ1v) is 11.9. The summed E-state index contributed by atoms with van der Waals surface area (Å²) in [5.74, 6) is 1.67. The summed E-state index contributed by atoms with van der Waals surface area (Å²) in [6, 6.07) is 0. The lowest BCUT2D eigenvalue weighted by molar-refractivity contribution is 0.493. The fraction of sp³-hybridized carbons (Fsp3) is 0.423. The lowest BCUT2D eigenvalue weighted by atomic mass is 9.94. The first kappa shape index (κ1) is 23.2. The molecule has 31 heavy (non-hydrogen) atoms. The Kier molecular flexibility index (Phi) is 10.3. The van der Waals surface area contributed by atoms with Crippen molar-refractivity contribution >= 4 is 17.5 Å². The topological polar surface area (TPSA) is 50.7 Å². The van der Waals surface area contributed by atoms with Crippen molar-refractivity contribution in [1.29, 1.82) is 0 Å². The van der Waals surface area contributed by atoms with E-state index in [0.717, 1.165) is 24.4 Å². The standard InChI is InChI=1S/C26H33ClN4/c27-25-29-24(22-18-14-10-6-4-5-7-11-15-19-22)30-26(31-25)28-23-20-16-12-8-2-1-3-9-13-17-21-23/h1-3,8-9,12-13,16-17,20-22H,4-7,10-11,14-15,18-19H2,(H,28,29,30,31)/b2-1-,3-1?,8-2?,9-3-,12-8-,13-9?,16-12?,17-13-,20-16?,21-17?,23-20?,23-21?. The molecule has 0 amide bonds. The molecule has 1 fully saturated rings. The van der Waals surface area contributed by atoms with Gasteiger partial charge in [0.15, 0.2) is 0 Å². The second kappa shape index (κ2) is 13.8. The highest BCUT2D eigenvalue weighted by molar-refractivity contribution is 6.28. The molecule has 0 atom stereocenters. The fourth-order valence-electron chi connectivity index (χ4n) is 3.88. The van der Waals surface area contributed by atoms with Crippen molar-refractivity contribution < 1.29 is 0 Å². The zero-order valence-corrected chi connectivity index (χ0v) is 19.0. The van der Waals surface area contributed by atoms with Crippen LogP contribution in [-0.4, -0.2) is 15.0 Å². The Labute approximate surface area is 191 Å². The molecular weight excluding hydrogens is 404 g/mol. The molecule has 0 aliphatic heterocycles. The third-order valence-corrected chi connectivity index (χ3v) is 5.71. The van der Waals surface area contributed by atoms with Crippen molar-refractivity contribution in [3.05, 3.63) is 83.6 Å². The van der Waals surface area contributed by atoms with Gasteiger partial charge in [0.2, 0.25) is 11.2 Å². The van der Waals surface area contributed by atoms with Gasteiger partial charge in [0.05, 0.1) is 0 Å². The molecule has 3 rings (SSSR count). The smallest absolute Gasteiger partial charge is 0.231 e. The number of nitrogens with zero attached hydrogens (tertiary/aromatic N) is 3. The molecule has 1 N–H and O–H groups in total. The Balaban J connectivity index is 1.76. The fourth-order valence-corrected chi connectivity index (χ4v) is 4.05. The summed E-state index contributed by atoms with van der Waals surface area (Å²) in [6.45, 7) is 0. The van der Waals surface area contributed by atoms with E-state index in [0.29, 0.717) is 11.9 Å². The van der Waals surface area contributed by atoms with E-state index in [1.54, 1.807) is 0 Å². The summed E-state index contributed by atoms with van der Waals surface area (Å²) in [5.41, 5.74) is 0.884. The second-order valence-corrected chi connectivity index (χ2v) is 8.37. The van der Waals surface area contributed by atoms with E-state index in [4.69, 9.17) is 16.6 Å². The first-order valence-electron chi connectivity index (χ1n) is 11.5. The molecule has 0 spiro atoms. The number of anilines is 1. The molecule has 1 saturated carbocycles. The van der Waals surface area contributed by atoms with Crippen molar-refractivity contribution in [2.45, 2.75) is 70.1 Å². The minimum atomic E-state index is 0.253. The molecule has 2 aliphatic rings. The van der Waals surface area contributed by atoms with Gasteiger partial charge >= 0.3 is 0 Å². The van der Waals surface area contributed by atoms with E-state index in [1.165, 1.54) is 51.4 Å². The van der Waals surface area contributed by atoms with Gasteiger partial charge < -0.3 is 5.32 Å². The maximum absolute atomic E-state index is 6.31. The average Bonchev–Trinajstić information content (AvgIpc) is 2.81. The highest BCUT2D eigenvalue weighted by Gasteiger charge is 2.17. The van der Waals surface area contributed by atoms with Crippen LogP contribution >= 0.6 is 11.6 Å². The Morgan fingerprint density at radius 3 is 1.84 bits per heavy atom. The summed E-state index contributed by atoms with van der Waals surface area (Å²) >= 11 is 6.31. The molecule has 0 bridgehead atoms. The minimum absolute atomic E-state index is 0.253. The number of nitrogens with one attached hydrogen (secondary N) is 1. The van der Waals surface area contributed by atoms with E-state index in [2.05, 4.69) is 15.3 Å². The summed E-state index contributed by atoms with van der Waals surface area (Å²) in [4.78, 5) is 13.6. The number of aromatic nitrogens is 3. The Morgan fingerprint density at radius 1 is 0.645 bits per heavy atom. The molecule has 4 nitrogen and oxygen atoms in total. The van der Waals surface area contributed by atoms with Crippen LogP contribution in [0.1, 0.15) is 76.0 Å². The highest BCUT2D eigenvalue weighted by atomic mass is 35.5. The van der Waals surface area contributed by atoms with E-state index >= 15 is 0 Å². The van der Waals surface area contributed by atoms with Crippen LogP contribution < -0.4 is 5.32 Å². The van der Waals surface area contributed by atoms with Crippen molar-refractivity contribution in [1.82, 2.24) is 15.0 Å². The van der Waals surface area contributed by atoms with Crippen LogP contribution in [0.5, 0.6) is 0 Å². The van der Waals surface area contributed by atoms with Crippen molar-refractivity contribution in [2.75, 3.05) is 5.32 Å². The molecule has 0 aromatic carbocycles. The summed E-state index contributed by atoms with van der Waals surface area (Å²) in [7, 11) is 0. The summed E-state index contributed by atoms with van der Waals surface area (Å²) in [6.07, 6.45) is 34.6. The average molecular weight is 437 g/mol. The molecule has 1 aromatic heterocycles. The van der Waals surface area contributed by atoms with Crippen LogP contribution in [0.15, 0.2) is 72.5 Å². The van der Waals surface area contributed by atoms with Gasteiger partial charge in [-0.15, -0.1) is 0 Å². The van der Waals surface area contributed by atoms with Gasteiger partial charge in [-0.05, 0) is 36.6 Å². The number of hydrogen-bond acceptors (Lipinski definition) is 4. The molecular formula is C26H33ClN4. The molecule has 0 unspecified atom stereocenters. The van der Waals surface area contributed by atoms with Crippen LogP contribution in [0.3, 0.4) is 0 Å². The minimum Gasteiger partial charge on any atom is -0.324 e. The lowest BCUT2D eigenvalue weighted by Gasteiger charge is -2.16. The Bertz CT molecular complexity index is 852. The van der Waals surface area contributed by atoms with Crippen LogP contribution in [-0.2, 0) is 0 Å². The largest absolute Gasteiger partial charge is 0.324 e. The molecule has 2 aliphatic carbocycles. The SMILES string of the molecule is Clc1nc(NC2=C\C=C/C=C\C=C/C=C\C=C2)nc(C2CCCCCCCCCC2)n1. The van der Waals surface area contributed by atoms with E-state index in [1.807, 2.05) is 66.8 Å². The van der Waals surface area contributed by atoms with Gasteiger partial charge in [0.25, 0.3) is 0 Å². The van der Waals surface area contributed by atoms with Gasteiger partial charge in [-0.25, -0.2) is 4.98 Å². The van der Waals surface area contributed by atoms with Crippen molar-refractivity contribution in [3.63, 3.8) is 0 Å². The number of hydrogen-bond donors (Lipinski definition) is 1. The normalized spacial score (nSPS) is 23.3. The third kappa shape index (κ3) is 9.06. The van der Waals surface area contributed by atoms with Crippen LogP contribution in [0.2, 0.25) is 5.28 Å². The van der Waals surface area contributed by atoms with Gasteiger partial charge in [-0.3, -0.25) is 0 Å². The first-order chi connectivity index (χ1) is 15.3. The van der Waals surface area contributed by atoms with E-state index in [9.17, 15) is 0 Å². The molecule has 5 heteroatoms. The maximum atomic E-state index is 6.31.